The van der Waals surface area contributed by atoms with Crippen LogP contribution >= 0.6 is 0 Å². The summed E-state index contributed by atoms with van der Waals surface area (Å²) >= 11 is 0. The number of nitrogens with two attached hydrogens (primary N) is 1. The van der Waals surface area contributed by atoms with Gasteiger partial charge in [-0.1, -0.05) is 12.1 Å². The number of hydrogen-bond acceptors (Lipinski definition) is 7. The van der Waals surface area contributed by atoms with E-state index in [0.717, 1.165) is 54.3 Å². The number of hydrogen-bond donors (Lipinski definition) is 3. The highest BCUT2D eigenvalue weighted by Crippen LogP contribution is 2.25. The molecule has 0 spiro atoms. The number of rotatable bonds is 4. The van der Waals surface area contributed by atoms with E-state index in [1.807, 2.05) is 12.1 Å². The molecule has 0 amide bonds. The Balaban J connectivity index is 1.56. The van der Waals surface area contributed by atoms with Crippen molar-refractivity contribution in [3.05, 3.63) is 53.7 Å². The summed E-state index contributed by atoms with van der Waals surface area (Å²) in [5.41, 5.74) is 10.3. The highest BCUT2D eigenvalue weighted by molar-refractivity contribution is 5.52. The number of nitrogen functional groups attached to an aromatic ring is 1. The molecule has 1 atom stereocenters. The van der Waals surface area contributed by atoms with Gasteiger partial charge in [0.05, 0.1) is 11.4 Å². The second-order valence-electron chi connectivity index (χ2n) is 6.40. The van der Waals surface area contributed by atoms with E-state index in [9.17, 15) is 0 Å². The first-order valence-electron chi connectivity index (χ1n) is 8.78. The van der Waals surface area contributed by atoms with Gasteiger partial charge in [0, 0.05) is 24.6 Å². The third-order valence-electron chi connectivity index (χ3n) is 4.63. The molecule has 0 bridgehead atoms. The zero-order valence-corrected chi connectivity index (χ0v) is 14.7. The Labute approximate surface area is 151 Å². The van der Waals surface area contributed by atoms with Crippen LogP contribution in [0.25, 0.3) is 5.69 Å². The molecule has 4 N–H and O–H groups in total. The van der Waals surface area contributed by atoms with Crippen molar-refractivity contribution in [3.8, 4) is 5.69 Å². The summed E-state index contributed by atoms with van der Waals surface area (Å²) in [4.78, 5) is 12.9. The molecule has 8 heteroatoms. The van der Waals surface area contributed by atoms with Crippen LogP contribution in [-0.2, 0) is 12.8 Å². The molecular weight excluding hydrogens is 328 g/mol. The van der Waals surface area contributed by atoms with Crippen molar-refractivity contribution < 1.29 is 0 Å². The van der Waals surface area contributed by atoms with Crippen molar-refractivity contribution in [2.45, 2.75) is 25.8 Å². The highest BCUT2D eigenvalue weighted by Gasteiger charge is 2.17. The van der Waals surface area contributed by atoms with Crippen LogP contribution in [0.15, 0.2) is 36.9 Å². The van der Waals surface area contributed by atoms with Gasteiger partial charge in [-0.3, -0.25) is 0 Å². The monoisotopic (exact) mass is 350 g/mol. The first kappa shape index (κ1) is 16.5. The minimum absolute atomic E-state index is 0.0920. The molecule has 134 valence electrons. The summed E-state index contributed by atoms with van der Waals surface area (Å²) in [5, 5.41) is 11.1. The Morgan fingerprint density at radius 2 is 1.96 bits per heavy atom. The quantitative estimate of drug-likeness (QED) is 0.654. The van der Waals surface area contributed by atoms with Crippen LogP contribution in [0.1, 0.15) is 29.8 Å². The molecule has 2 aromatic heterocycles. The number of anilines is 2. The molecule has 3 aromatic rings. The zero-order chi connectivity index (χ0) is 17.9. The van der Waals surface area contributed by atoms with Crippen molar-refractivity contribution >= 4 is 11.8 Å². The van der Waals surface area contributed by atoms with Gasteiger partial charge in [-0.05, 0) is 37.6 Å². The summed E-state index contributed by atoms with van der Waals surface area (Å²) in [6.07, 6.45) is 4.98. The second-order valence-corrected chi connectivity index (χ2v) is 6.40. The molecule has 26 heavy (non-hydrogen) atoms. The fraction of sp³-hybridized carbons (Fsp3) is 0.333. The van der Waals surface area contributed by atoms with Crippen LogP contribution in [0.4, 0.5) is 11.8 Å². The van der Waals surface area contributed by atoms with Gasteiger partial charge in [0.1, 0.15) is 18.5 Å². The molecule has 0 unspecified atom stereocenters. The lowest BCUT2D eigenvalue weighted by atomic mass is 10.1. The molecule has 4 rings (SSSR count). The third-order valence-corrected chi connectivity index (χ3v) is 4.63. The first-order valence-corrected chi connectivity index (χ1v) is 8.78. The van der Waals surface area contributed by atoms with E-state index in [1.54, 1.807) is 11.0 Å². The minimum atomic E-state index is 0.0920. The summed E-state index contributed by atoms with van der Waals surface area (Å²) in [7, 11) is 0. The van der Waals surface area contributed by atoms with Crippen molar-refractivity contribution in [2.75, 3.05) is 24.1 Å². The first-order chi connectivity index (χ1) is 12.7. The smallest absolute Gasteiger partial charge is 0.222 e. The molecule has 3 heterocycles. The van der Waals surface area contributed by atoms with Crippen LogP contribution in [0.5, 0.6) is 0 Å². The van der Waals surface area contributed by atoms with Gasteiger partial charge in [-0.25, -0.2) is 14.6 Å². The summed E-state index contributed by atoms with van der Waals surface area (Å²) in [6, 6.07) is 8.32. The standard InChI is InChI=1S/C18H22N8/c1-12(13-2-4-14(5-3-13)26-11-21-10-22-26)23-17-15-6-8-20-9-7-16(15)24-18(19)25-17/h2-5,10-12,20H,6-9H2,1H3,(H3,19,23,24,25)/t12-/m1/s1. The fourth-order valence-corrected chi connectivity index (χ4v) is 3.23. The van der Waals surface area contributed by atoms with Gasteiger partial charge in [-0.2, -0.15) is 10.1 Å². The van der Waals surface area contributed by atoms with E-state index < -0.39 is 0 Å². The summed E-state index contributed by atoms with van der Waals surface area (Å²) in [5.74, 6) is 1.16. The lowest BCUT2D eigenvalue weighted by Crippen LogP contribution is -2.16. The number of nitrogens with zero attached hydrogens (tertiary/aromatic N) is 5. The van der Waals surface area contributed by atoms with Gasteiger partial charge in [-0.15, -0.1) is 0 Å². The maximum Gasteiger partial charge on any atom is 0.222 e. The Kier molecular flexibility index (Phi) is 4.49. The van der Waals surface area contributed by atoms with Gasteiger partial charge < -0.3 is 16.4 Å². The van der Waals surface area contributed by atoms with E-state index in [0.29, 0.717) is 5.95 Å². The largest absolute Gasteiger partial charge is 0.368 e. The van der Waals surface area contributed by atoms with Crippen molar-refractivity contribution in [1.29, 1.82) is 0 Å². The SMILES string of the molecule is C[C@@H](Nc1nc(N)nc2c1CCNCC2)c1ccc(-n2cncn2)cc1. The molecule has 1 aromatic carbocycles. The van der Waals surface area contributed by atoms with Crippen LogP contribution in [0.3, 0.4) is 0 Å². The minimum Gasteiger partial charge on any atom is -0.368 e. The number of benzene rings is 1. The van der Waals surface area contributed by atoms with E-state index in [1.165, 1.54) is 6.33 Å². The normalized spacial score (nSPS) is 15.1. The molecular formula is C18H22N8. The van der Waals surface area contributed by atoms with E-state index in [4.69, 9.17) is 5.73 Å². The highest BCUT2D eigenvalue weighted by atomic mass is 15.3. The Hall–Kier alpha value is -3.00. The maximum atomic E-state index is 5.92. The van der Waals surface area contributed by atoms with Crippen LogP contribution in [-0.4, -0.2) is 37.8 Å². The topological polar surface area (TPSA) is 107 Å². The van der Waals surface area contributed by atoms with Gasteiger partial charge >= 0.3 is 0 Å². The van der Waals surface area contributed by atoms with Crippen molar-refractivity contribution in [2.24, 2.45) is 0 Å². The number of fused-ring (bicyclic) bond motifs is 1. The fourth-order valence-electron chi connectivity index (χ4n) is 3.23. The Morgan fingerprint density at radius 3 is 2.73 bits per heavy atom. The summed E-state index contributed by atoms with van der Waals surface area (Å²) < 4.78 is 1.74. The Bertz CT molecular complexity index is 873. The number of nitrogens with one attached hydrogen (secondary N) is 2. The lowest BCUT2D eigenvalue weighted by Gasteiger charge is -2.19. The third kappa shape index (κ3) is 3.36. The van der Waals surface area contributed by atoms with Crippen molar-refractivity contribution in [3.63, 3.8) is 0 Å². The van der Waals surface area contributed by atoms with Gasteiger partial charge in [0.15, 0.2) is 0 Å². The molecule has 8 nitrogen and oxygen atoms in total. The molecule has 1 aliphatic heterocycles. The van der Waals surface area contributed by atoms with Crippen LogP contribution < -0.4 is 16.4 Å². The maximum absolute atomic E-state index is 5.92. The van der Waals surface area contributed by atoms with Crippen LogP contribution in [0, 0.1) is 0 Å². The predicted octanol–water partition coefficient (Wildman–Crippen LogP) is 1.50. The molecule has 0 radical (unpaired) electrons. The van der Waals surface area contributed by atoms with Gasteiger partial charge in [0.2, 0.25) is 5.95 Å². The summed E-state index contributed by atoms with van der Waals surface area (Å²) in [6.45, 7) is 3.96. The second kappa shape index (κ2) is 7.09. The lowest BCUT2D eigenvalue weighted by molar-refractivity contribution is 0.708. The molecule has 1 aliphatic rings. The molecule has 0 saturated heterocycles. The predicted molar refractivity (Wildman–Crippen MR) is 100 cm³/mol. The number of aromatic nitrogens is 5. The molecule has 0 saturated carbocycles. The van der Waals surface area contributed by atoms with E-state index >= 15 is 0 Å². The van der Waals surface area contributed by atoms with E-state index in [2.05, 4.69) is 49.7 Å². The van der Waals surface area contributed by atoms with Gasteiger partial charge in [0.25, 0.3) is 0 Å². The average molecular weight is 350 g/mol. The Morgan fingerprint density at radius 1 is 1.15 bits per heavy atom. The zero-order valence-electron chi connectivity index (χ0n) is 14.7. The van der Waals surface area contributed by atoms with Crippen molar-refractivity contribution in [1.82, 2.24) is 30.0 Å². The average Bonchev–Trinajstić information content (AvgIpc) is 3.08. The molecule has 0 fully saturated rings. The van der Waals surface area contributed by atoms with Crippen LogP contribution in [0.2, 0.25) is 0 Å². The molecule has 0 aliphatic carbocycles. The van der Waals surface area contributed by atoms with E-state index in [-0.39, 0.29) is 6.04 Å².